The molecular weight excluding hydrogens is 468 g/mol. The molecule has 0 unspecified atom stereocenters. The summed E-state index contributed by atoms with van der Waals surface area (Å²) in [5.41, 5.74) is 2.62. The molecule has 0 aromatic heterocycles. The Hall–Kier alpha value is -4.10. The number of nitrogens with one attached hydrogen (secondary N) is 1. The fourth-order valence-electron chi connectivity index (χ4n) is 3.54. The molecule has 1 aliphatic rings. The van der Waals surface area contributed by atoms with Crippen molar-refractivity contribution in [1.82, 2.24) is 5.32 Å². The molecule has 4 rings (SSSR count). The van der Waals surface area contributed by atoms with E-state index in [1.807, 2.05) is 32.0 Å². The number of halogens is 1. The number of anilines is 1. The van der Waals surface area contributed by atoms with Crippen LogP contribution in [0, 0.1) is 6.92 Å². The second-order valence-corrected chi connectivity index (χ2v) is 8.29. The number of carbonyl (C=O) groups excluding carboxylic acids is 3. The van der Waals surface area contributed by atoms with Gasteiger partial charge in [-0.15, -0.1) is 0 Å². The van der Waals surface area contributed by atoms with E-state index in [9.17, 15) is 14.4 Å². The summed E-state index contributed by atoms with van der Waals surface area (Å²) in [6.45, 7) is 4.42. The van der Waals surface area contributed by atoms with Crippen LogP contribution < -0.4 is 19.7 Å². The van der Waals surface area contributed by atoms with Crippen LogP contribution >= 0.6 is 11.6 Å². The number of urea groups is 1. The Labute approximate surface area is 207 Å². The zero-order valence-electron chi connectivity index (χ0n) is 19.2. The maximum absolute atomic E-state index is 13.1. The molecule has 0 aliphatic carbocycles. The molecule has 8 heteroatoms. The van der Waals surface area contributed by atoms with Gasteiger partial charge in [0.25, 0.3) is 11.8 Å². The van der Waals surface area contributed by atoms with Crippen LogP contribution in [0.4, 0.5) is 10.5 Å². The summed E-state index contributed by atoms with van der Waals surface area (Å²) in [6.07, 6.45) is 1.43. The van der Waals surface area contributed by atoms with Gasteiger partial charge in [-0.2, -0.15) is 0 Å². The van der Waals surface area contributed by atoms with Crippen LogP contribution in [-0.2, 0) is 16.2 Å². The largest absolute Gasteiger partial charge is 0.490 e. The minimum atomic E-state index is -0.791. The predicted molar refractivity (Wildman–Crippen MR) is 134 cm³/mol. The molecule has 0 radical (unpaired) electrons. The molecule has 1 aliphatic heterocycles. The third-order valence-corrected chi connectivity index (χ3v) is 5.49. The summed E-state index contributed by atoms with van der Waals surface area (Å²) in [6, 6.07) is 18.5. The number of amides is 4. The van der Waals surface area contributed by atoms with E-state index in [2.05, 4.69) is 5.32 Å². The van der Waals surface area contributed by atoms with E-state index >= 15 is 0 Å². The fourth-order valence-corrected chi connectivity index (χ4v) is 3.76. The highest BCUT2D eigenvalue weighted by Gasteiger charge is 2.36. The van der Waals surface area contributed by atoms with Gasteiger partial charge in [-0.25, -0.2) is 9.69 Å². The van der Waals surface area contributed by atoms with Crippen molar-refractivity contribution in [2.24, 2.45) is 0 Å². The Kier molecular flexibility index (Phi) is 7.17. The van der Waals surface area contributed by atoms with Crippen LogP contribution in [0.1, 0.15) is 23.6 Å². The summed E-state index contributed by atoms with van der Waals surface area (Å²) in [5, 5.41) is 2.85. The van der Waals surface area contributed by atoms with Gasteiger partial charge < -0.3 is 9.47 Å². The summed E-state index contributed by atoms with van der Waals surface area (Å²) in [5.74, 6) is -0.506. The van der Waals surface area contributed by atoms with Crippen LogP contribution in [0.15, 0.2) is 72.3 Å². The molecule has 1 fully saturated rings. The average molecular weight is 491 g/mol. The van der Waals surface area contributed by atoms with Crippen LogP contribution in [0.25, 0.3) is 6.08 Å². The lowest BCUT2D eigenvalue weighted by Gasteiger charge is -2.26. The molecule has 7 nitrogen and oxygen atoms in total. The van der Waals surface area contributed by atoms with E-state index in [1.165, 1.54) is 6.08 Å². The van der Waals surface area contributed by atoms with Crippen molar-refractivity contribution in [3.63, 3.8) is 0 Å². The Balaban J connectivity index is 1.61. The topological polar surface area (TPSA) is 84.9 Å². The number of benzene rings is 3. The Morgan fingerprint density at radius 3 is 2.43 bits per heavy atom. The van der Waals surface area contributed by atoms with Gasteiger partial charge in [-0.05, 0) is 67.4 Å². The highest BCUT2D eigenvalue weighted by Crippen LogP contribution is 2.31. The number of barbiturate groups is 1. The third kappa shape index (κ3) is 5.53. The maximum atomic E-state index is 13.1. The number of aryl methyl sites for hydroxylation is 1. The summed E-state index contributed by atoms with van der Waals surface area (Å²) < 4.78 is 11.6. The molecule has 178 valence electrons. The van der Waals surface area contributed by atoms with Gasteiger partial charge in [-0.1, -0.05) is 47.5 Å². The van der Waals surface area contributed by atoms with Gasteiger partial charge in [-0.3, -0.25) is 14.9 Å². The highest BCUT2D eigenvalue weighted by molar-refractivity contribution is 6.39. The van der Waals surface area contributed by atoms with Crippen molar-refractivity contribution >= 4 is 41.2 Å². The summed E-state index contributed by atoms with van der Waals surface area (Å²) in [7, 11) is 0. The lowest BCUT2D eigenvalue weighted by Crippen LogP contribution is -2.54. The van der Waals surface area contributed by atoms with E-state index in [1.54, 1.807) is 48.5 Å². The van der Waals surface area contributed by atoms with Crippen LogP contribution in [0.2, 0.25) is 5.02 Å². The van der Waals surface area contributed by atoms with Gasteiger partial charge >= 0.3 is 6.03 Å². The average Bonchev–Trinajstić information content (AvgIpc) is 2.82. The number of rotatable bonds is 7. The molecule has 1 heterocycles. The predicted octanol–water partition coefficient (Wildman–Crippen LogP) is 5.29. The lowest BCUT2D eigenvalue weighted by molar-refractivity contribution is -0.122. The first-order valence-electron chi connectivity index (χ1n) is 11.0. The Morgan fingerprint density at radius 1 is 0.943 bits per heavy atom. The van der Waals surface area contributed by atoms with Crippen LogP contribution in [-0.4, -0.2) is 24.5 Å². The lowest BCUT2D eigenvalue weighted by atomic mass is 10.1. The van der Waals surface area contributed by atoms with Gasteiger partial charge in [0.1, 0.15) is 12.2 Å². The van der Waals surface area contributed by atoms with Crippen molar-refractivity contribution in [2.45, 2.75) is 20.5 Å². The molecule has 4 amide bonds. The van der Waals surface area contributed by atoms with Crippen molar-refractivity contribution in [3.8, 4) is 11.5 Å². The van der Waals surface area contributed by atoms with Crippen molar-refractivity contribution in [3.05, 3.63) is 94.0 Å². The van der Waals surface area contributed by atoms with E-state index in [4.69, 9.17) is 21.1 Å². The molecule has 0 spiro atoms. The van der Waals surface area contributed by atoms with Gasteiger partial charge in [0.05, 0.1) is 12.3 Å². The first-order valence-corrected chi connectivity index (χ1v) is 11.4. The molecule has 3 aromatic rings. The van der Waals surface area contributed by atoms with Crippen molar-refractivity contribution < 1.29 is 23.9 Å². The highest BCUT2D eigenvalue weighted by atomic mass is 35.5. The number of hydrogen-bond donors (Lipinski definition) is 1. The summed E-state index contributed by atoms with van der Waals surface area (Å²) in [4.78, 5) is 38.9. The van der Waals surface area contributed by atoms with Gasteiger partial charge in [0, 0.05) is 5.02 Å². The monoisotopic (exact) mass is 490 g/mol. The molecule has 3 aromatic carbocycles. The molecule has 1 N–H and O–H groups in total. The van der Waals surface area contributed by atoms with E-state index in [0.717, 1.165) is 16.0 Å². The van der Waals surface area contributed by atoms with Crippen LogP contribution in [0.5, 0.6) is 11.5 Å². The quantitative estimate of drug-likeness (QED) is 0.359. The van der Waals surface area contributed by atoms with E-state index < -0.39 is 17.8 Å². The van der Waals surface area contributed by atoms with Crippen molar-refractivity contribution in [1.29, 1.82) is 0 Å². The zero-order chi connectivity index (χ0) is 24.9. The molecule has 0 bridgehead atoms. The van der Waals surface area contributed by atoms with Crippen LogP contribution in [0.3, 0.4) is 0 Å². The molecular formula is C27H23ClN2O5. The number of imide groups is 2. The second kappa shape index (κ2) is 10.4. The normalized spacial score (nSPS) is 14.8. The molecule has 0 atom stereocenters. The fraction of sp³-hybridized carbons (Fsp3) is 0.148. The number of hydrogen-bond acceptors (Lipinski definition) is 5. The number of carbonyl (C=O) groups is 3. The minimum absolute atomic E-state index is 0.166. The van der Waals surface area contributed by atoms with Crippen molar-refractivity contribution in [2.75, 3.05) is 11.5 Å². The zero-order valence-corrected chi connectivity index (χ0v) is 20.0. The van der Waals surface area contributed by atoms with Gasteiger partial charge in [0.2, 0.25) is 0 Å². The molecule has 0 saturated carbocycles. The SMILES string of the molecule is CCOc1cc(/C=C2\C(=O)NC(=O)N(c3ccc(C)cc3)C2=O)ccc1OCc1cccc(Cl)c1. The van der Waals surface area contributed by atoms with E-state index in [-0.39, 0.29) is 12.2 Å². The second-order valence-electron chi connectivity index (χ2n) is 7.85. The van der Waals surface area contributed by atoms with Gasteiger partial charge in [0.15, 0.2) is 11.5 Å². The smallest absolute Gasteiger partial charge is 0.335 e. The number of ether oxygens (including phenoxy) is 2. The molecule has 1 saturated heterocycles. The first kappa shape index (κ1) is 24.0. The Morgan fingerprint density at radius 2 is 1.71 bits per heavy atom. The maximum Gasteiger partial charge on any atom is 0.335 e. The standard InChI is InChI=1S/C27H23ClN2O5/c1-3-34-24-15-18(9-12-23(24)35-16-19-5-4-6-20(28)13-19)14-22-25(31)29-27(33)30(26(22)32)21-10-7-17(2)8-11-21/h4-15H,3,16H2,1-2H3,(H,29,31,33)/b22-14+. The molecule has 35 heavy (non-hydrogen) atoms. The minimum Gasteiger partial charge on any atom is -0.490 e. The third-order valence-electron chi connectivity index (χ3n) is 5.26. The summed E-state index contributed by atoms with van der Waals surface area (Å²) >= 11 is 6.04. The Bertz CT molecular complexity index is 1320. The number of nitrogens with zero attached hydrogens (tertiary/aromatic N) is 1. The first-order chi connectivity index (χ1) is 16.9. The van der Waals surface area contributed by atoms with E-state index in [0.29, 0.717) is 34.4 Å².